The summed E-state index contributed by atoms with van der Waals surface area (Å²) in [6.45, 7) is -0.443. The van der Waals surface area contributed by atoms with Crippen molar-refractivity contribution in [1.29, 1.82) is 0 Å². The summed E-state index contributed by atoms with van der Waals surface area (Å²) in [6.07, 6.45) is 0.0152. The van der Waals surface area contributed by atoms with Gasteiger partial charge in [-0.05, 0) is 24.1 Å². The summed E-state index contributed by atoms with van der Waals surface area (Å²) in [7, 11) is 1.21. The zero-order valence-electron chi connectivity index (χ0n) is 9.93. The SMILES string of the molecule is COC(=O)N(CC(=O)O)c1ccc(CCCl)cc1. The van der Waals surface area contributed by atoms with Crippen LogP contribution in [-0.2, 0) is 16.0 Å². The standard InChI is InChI=1S/C12H14ClNO4/c1-18-12(17)14(8-11(15)16)10-4-2-9(3-5-10)6-7-13/h2-5H,6-8H2,1H3,(H,15,16). The topological polar surface area (TPSA) is 66.8 Å². The van der Waals surface area contributed by atoms with Gasteiger partial charge in [0.05, 0.1) is 7.11 Å². The number of ether oxygens (including phenoxy) is 1. The van der Waals surface area contributed by atoms with Gasteiger partial charge in [-0.25, -0.2) is 4.79 Å². The number of rotatable bonds is 5. The normalized spacial score (nSPS) is 9.89. The molecule has 0 radical (unpaired) electrons. The van der Waals surface area contributed by atoms with Crippen LogP contribution in [0.25, 0.3) is 0 Å². The molecule has 0 aliphatic carbocycles. The molecular formula is C12H14ClNO4. The maximum absolute atomic E-state index is 11.5. The molecule has 1 rings (SSSR count). The molecule has 1 N–H and O–H groups in total. The molecule has 0 unspecified atom stereocenters. The van der Waals surface area contributed by atoms with Crippen LogP contribution in [0.4, 0.5) is 10.5 Å². The highest BCUT2D eigenvalue weighted by atomic mass is 35.5. The molecule has 0 saturated carbocycles. The van der Waals surface area contributed by atoms with Crippen LogP contribution in [0.5, 0.6) is 0 Å². The maximum atomic E-state index is 11.5. The molecular weight excluding hydrogens is 258 g/mol. The van der Waals surface area contributed by atoms with E-state index in [0.29, 0.717) is 11.6 Å². The van der Waals surface area contributed by atoms with Gasteiger partial charge in [-0.2, -0.15) is 0 Å². The summed E-state index contributed by atoms with van der Waals surface area (Å²) >= 11 is 5.62. The molecule has 0 aliphatic heterocycles. The zero-order valence-corrected chi connectivity index (χ0v) is 10.7. The lowest BCUT2D eigenvalue weighted by molar-refractivity contribution is -0.135. The van der Waals surface area contributed by atoms with Crippen molar-refractivity contribution in [2.24, 2.45) is 0 Å². The van der Waals surface area contributed by atoms with Crippen molar-refractivity contribution in [2.75, 3.05) is 24.4 Å². The Morgan fingerprint density at radius 3 is 2.39 bits per heavy atom. The van der Waals surface area contributed by atoms with Gasteiger partial charge < -0.3 is 9.84 Å². The van der Waals surface area contributed by atoms with Gasteiger partial charge in [-0.1, -0.05) is 12.1 Å². The third kappa shape index (κ3) is 3.92. The van der Waals surface area contributed by atoms with Crippen LogP contribution in [0.1, 0.15) is 5.56 Å². The van der Waals surface area contributed by atoms with E-state index < -0.39 is 18.6 Å². The first kappa shape index (κ1) is 14.3. The van der Waals surface area contributed by atoms with E-state index in [2.05, 4.69) is 4.74 Å². The molecule has 0 heterocycles. The molecule has 0 fully saturated rings. The number of aliphatic carboxylic acids is 1. The van der Waals surface area contributed by atoms with Gasteiger partial charge in [0.25, 0.3) is 0 Å². The second kappa shape index (κ2) is 6.86. The van der Waals surface area contributed by atoms with Crippen molar-refractivity contribution >= 4 is 29.4 Å². The number of anilines is 1. The van der Waals surface area contributed by atoms with Crippen molar-refractivity contribution in [3.05, 3.63) is 29.8 Å². The number of amides is 1. The van der Waals surface area contributed by atoms with E-state index in [0.717, 1.165) is 16.9 Å². The van der Waals surface area contributed by atoms with Gasteiger partial charge >= 0.3 is 12.1 Å². The number of carbonyl (C=O) groups excluding carboxylic acids is 1. The molecule has 18 heavy (non-hydrogen) atoms. The molecule has 1 amide bonds. The van der Waals surface area contributed by atoms with Crippen LogP contribution in [-0.4, -0.2) is 36.7 Å². The summed E-state index contributed by atoms with van der Waals surface area (Å²) in [6, 6.07) is 6.94. The third-order valence-corrected chi connectivity index (χ3v) is 2.51. The molecule has 0 saturated heterocycles. The van der Waals surface area contributed by atoms with Gasteiger partial charge in [0.1, 0.15) is 6.54 Å². The third-order valence-electron chi connectivity index (χ3n) is 2.32. The molecule has 0 bridgehead atoms. The second-order valence-electron chi connectivity index (χ2n) is 3.56. The fourth-order valence-corrected chi connectivity index (χ4v) is 1.68. The van der Waals surface area contributed by atoms with Gasteiger partial charge in [-0.3, -0.25) is 9.69 Å². The van der Waals surface area contributed by atoms with Gasteiger partial charge in [0.2, 0.25) is 0 Å². The highest BCUT2D eigenvalue weighted by Gasteiger charge is 2.19. The summed E-state index contributed by atoms with van der Waals surface area (Å²) in [5.74, 6) is -0.597. The summed E-state index contributed by atoms with van der Waals surface area (Å²) in [5, 5.41) is 8.76. The van der Waals surface area contributed by atoms with Crippen LogP contribution < -0.4 is 4.90 Å². The predicted molar refractivity (Wildman–Crippen MR) is 68.3 cm³/mol. The molecule has 0 aromatic heterocycles. The lowest BCUT2D eigenvalue weighted by atomic mass is 10.1. The fourth-order valence-electron chi connectivity index (χ4n) is 1.46. The minimum absolute atomic E-state index is 0.443. The fraction of sp³-hybridized carbons (Fsp3) is 0.333. The number of carboxylic acids is 1. The van der Waals surface area contributed by atoms with Crippen molar-refractivity contribution < 1.29 is 19.4 Å². The Labute approximate surface area is 110 Å². The van der Waals surface area contributed by atoms with E-state index in [4.69, 9.17) is 16.7 Å². The first-order valence-corrected chi connectivity index (χ1v) is 5.84. The first-order valence-electron chi connectivity index (χ1n) is 5.30. The number of carboxylic acid groups (broad SMARTS) is 1. The number of methoxy groups -OCH3 is 1. The number of hydrogen-bond donors (Lipinski definition) is 1. The van der Waals surface area contributed by atoms with Crippen LogP contribution in [0.2, 0.25) is 0 Å². The summed E-state index contributed by atoms with van der Waals surface area (Å²) in [4.78, 5) is 23.2. The second-order valence-corrected chi connectivity index (χ2v) is 3.93. The monoisotopic (exact) mass is 271 g/mol. The minimum Gasteiger partial charge on any atom is -0.480 e. The van der Waals surface area contributed by atoms with E-state index >= 15 is 0 Å². The van der Waals surface area contributed by atoms with Crippen molar-refractivity contribution in [3.8, 4) is 0 Å². The molecule has 0 aliphatic rings. The Morgan fingerprint density at radius 1 is 1.33 bits per heavy atom. The quantitative estimate of drug-likeness (QED) is 0.833. The lowest BCUT2D eigenvalue weighted by Crippen LogP contribution is -2.35. The van der Waals surface area contributed by atoms with Crippen molar-refractivity contribution in [2.45, 2.75) is 6.42 Å². The zero-order chi connectivity index (χ0) is 13.5. The molecule has 6 heteroatoms. The van der Waals surface area contributed by atoms with E-state index in [1.54, 1.807) is 24.3 Å². The number of hydrogen-bond acceptors (Lipinski definition) is 3. The number of benzene rings is 1. The molecule has 0 spiro atoms. The van der Waals surface area contributed by atoms with Crippen LogP contribution in [0.3, 0.4) is 0 Å². The largest absolute Gasteiger partial charge is 0.480 e. The van der Waals surface area contributed by atoms with Crippen molar-refractivity contribution in [1.82, 2.24) is 0 Å². The van der Waals surface area contributed by atoms with Crippen molar-refractivity contribution in [3.63, 3.8) is 0 Å². The Bertz CT molecular complexity index is 419. The molecule has 1 aromatic rings. The van der Waals surface area contributed by atoms with Gasteiger partial charge in [0, 0.05) is 11.6 Å². The van der Waals surface area contributed by atoms with E-state index in [-0.39, 0.29) is 0 Å². The van der Waals surface area contributed by atoms with E-state index in [1.165, 1.54) is 7.11 Å². The Hall–Kier alpha value is -1.75. The smallest absolute Gasteiger partial charge is 0.414 e. The number of nitrogens with zero attached hydrogens (tertiary/aromatic N) is 1. The summed E-state index contributed by atoms with van der Waals surface area (Å²) < 4.78 is 4.55. The number of halogens is 1. The predicted octanol–water partition coefficient (Wildman–Crippen LogP) is 2.13. The lowest BCUT2D eigenvalue weighted by Gasteiger charge is -2.19. The molecule has 0 atom stereocenters. The molecule has 98 valence electrons. The number of carbonyl (C=O) groups is 2. The maximum Gasteiger partial charge on any atom is 0.414 e. The van der Waals surface area contributed by atoms with Gasteiger partial charge in [-0.15, -0.1) is 11.6 Å². The highest BCUT2D eigenvalue weighted by Crippen LogP contribution is 2.16. The average Bonchev–Trinajstić information content (AvgIpc) is 2.36. The van der Waals surface area contributed by atoms with Gasteiger partial charge in [0.15, 0.2) is 0 Å². The Morgan fingerprint density at radius 2 is 1.94 bits per heavy atom. The first-order chi connectivity index (χ1) is 8.58. The average molecular weight is 272 g/mol. The Balaban J connectivity index is 2.90. The number of aryl methyl sites for hydroxylation is 1. The molecule has 1 aromatic carbocycles. The van der Waals surface area contributed by atoms with Crippen LogP contribution >= 0.6 is 11.6 Å². The molecule has 5 nitrogen and oxygen atoms in total. The van der Waals surface area contributed by atoms with Crippen LogP contribution in [0.15, 0.2) is 24.3 Å². The van der Waals surface area contributed by atoms with E-state index in [9.17, 15) is 9.59 Å². The van der Waals surface area contributed by atoms with Crippen LogP contribution in [0, 0.1) is 0 Å². The number of alkyl halides is 1. The minimum atomic E-state index is -1.11. The Kier molecular flexibility index (Phi) is 5.45. The van der Waals surface area contributed by atoms with E-state index in [1.807, 2.05) is 0 Å². The summed E-state index contributed by atoms with van der Waals surface area (Å²) in [5.41, 5.74) is 1.50. The highest BCUT2D eigenvalue weighted by molar-refractivity contribution is 6.18.